The Hall–Kier alpha value is 0.0169. The second-order valence-electron chi connectivity index (χ2n) is 3.34. The Kier molecular flexibility index (Phi) is 5.17. The van der Waals surface area contributed by atoms with Crippen molar-refractivity contribution in [3.05, 3.63) is 0 Å². The predicted octanol–water partition coefficient (Wildman–Crippen LogP) is 0.945. The molecule has 2 unspecified atom stereocenters. The Bertz CT molecular complexity index is 173. The lowest BCUT2D eigenvalue weighted by Gasteiger charge is -2.36. The summed E-state index contributed by atoms with van der Waals surface area (Å²) >= 11 is 0. The summed E-state index contributed by atoms with van der Waals surface area (Å²) in [5, 5.41) is 0. The molecule has 90 valence electrons. The minimum Gasteiger partial charge on any atom is -0.375 e. The van der Waals surface area contributed by atoms with E-state index in [0.29, 0.717) is 0 Å². The van der Waals surface area contributed by atoms with Gasteiger partial charge in [0.2, 0.25) is 0 Å². The molecule has 1 fully saturated rings. The summed E-state index contributed by atoms with van der Waals surface area (Å²) in [4.78, 5) is 0. The molecular formula is C9H20O5Si. The van der Waals surface area contributed by atoms with E-state index in [1.807, 2.05) is 6.92 Å². The molecule has 0 aromatic carbocycles. The van der Waals surface area contributed by atoms with Gasteiger partial charge in [-0.2, -0.15) is 0 Å². The molecule has 0 aromatic heterocycles. The number of hydrogen-bond acceptors (Lipinski definition) is 5. The second kappa shape index (κ2) is 5.93. The Morgan fingerprint density at radius 1 is 1.27 bits per heavy atom. The maximum Gasteiger partial charge on any atom is 0.530 e. The van der Waals surface area contributed by atoms with Crippen LogP contribution in [-0.4, -0.2) is 48.8 Å². The van der Waals surface area contributed by atoms with E-state index in [2.05, 4.69) is 0 Å². The highest BCUT2D eigenvalue weighted by molar-refractivity contribution is 6.62. The lowest BCUT2D eigenvalue weighted by Crippen LogP contribution is -2.57. The van der Waals surface area contributed by atoms with Crippen LogP contribution in [0.15, 0.2) is 0 Å². The fraction of sp³-hybridized carbons (Fsp3) is 1.00. The summed E-state index contributed by atoms with van der Waals surface area (Å²) in [5.74, 6) is 0. The first kappa shape index (κ1) is 13.1. The molecule has 0 bridgehead atoms. The van der Waals surface area contributed by atoms with Gasteiger partial charge in [-0.15, -0.1) is 0 Å². The van der Waals surface area contributed by atoms with E-state index in [4.69, 9.17) is 22.8 Å². The van der Waals surface area contributed by atoms with Gasteiger partial charge in [0.1, 0.15) is 5.73 Å². The molecule has 15 heavy (non-hydrogen) atoms. The molecule has 2 atom stereocenters. The summed E-state index contributed by atoms with van der Waals surface area (Å²) in [7, 11) is 2.08. The van der Waals surface area contributed by atoms with E-state index >= 15 is 0 Å². The van der Waals surface area contributed by atoms with Crippen molar-refractivity contribution in [3.63, 3.8) is 0 Å². The van der Waals surface area contributed by atoms with Crippen LogP contribution in [0.3, 0.4) is 0 Å². The fourth-order valence-corrected chi connectivity index (χ4v) is 3.69. The molecule has 0 saturated carbocycles. The normalized spacial score (nSPS) is 23.6. The van der Waals surface area contributed by atoms with Crippen molar-refractivity contribution >= 4 is 8.80 Å². The molecular weight excluding hydrogens is 216 g/mol. The predicted molar refractivity (Wildman–Crippen MR) is 56.3 cm³/mol. The van der Waals surface area contributed by atoms with Crippen molar-refractivity contribution in [2.75, 3.05) is 27.9 Å². The first-order valence-corrected chi connectivity index (χ1v) is 6.95. The van der Waals surface area contributed by atoms with Crippen LogP contribution in [0.25, 0.3) is 0 Å². The Morgan fingerprint density at radius 3 is 2.07 bits per heavy atom. The van der Waals surface area contributed by atoms with E-state index in [9.17, 15) is 0 Å². The van der Waals surface area contributed by atoms with E-state index in [1.165, 1.54) is 0 Å². The SMILES string of the molecule is CCC(OC1CCO1)[Si](OC)(OC)OC. The molecule has 6 heteroatoms. The molecule has 1 heterocycles. The smallest absolute Gasteiger partial charge is 0.375 e. The Labute approximate surface area is 92.0 Å². The molecule has 1 aliphatic rings. The van der Waals surface area contributed by atoms with Gasteiger partial charge in [-0.3, -0.25) is 0 Å². The van der Waals surface area contributed by atoms with Crippen molar-refractivity contribution in [3.8, 4) is 0 Å². The molecule has 0 N–H and O–H groups in total. The van der Waals surface area contributed by atoms with Gasteiger partial charge < -0.3 is 22.8 Å². The maximum absolute atomic E-state index is 5.74. The summed E-state index contributed by atoms with van der Waals surface area (Å²) in [6.45, 7) is 2.78. The van der Waals surface area contributed by atoms with Gasteiger partial charge in [0, 0.05) is 27.8 Å². The van der Waals surface area contributed by atoms with Crippen molar-refractivity contribution in [1.82, 2.24) is 0 Å². The zero-order valence-corrected chi connectivity index (χ0v) is 10.8. The minimum atomic E-state index is -2.69. The standard InChI is InChI=1S/C9H20O5Si/c1-5-9(14-8-6-7-13-8)15(10-2,11-3)12-4/h8-9H,5-7H2,1-4H3. The van der Waals surface area contributed by atoms with Crippen molar-refractivity contribution in [2.24, 2.45) is 0 Å². The average Bonchev–Trinajstić information content (AvgIpc) is 2.22. The third kappa shape index (κ3) is 2.77. The van der Waals surface area contributed by atoms with E-state index in [-0.39, 0.29) is 12.0 Å². The van der Waals surface area contributed by atoms with Crippen LogP contribution in [0.2, 0.25) is 0 Å². The van der Waals surface area contributed by atoms with Crippen LogP contribution < -0.4 is 0 Å². The summed E-state index contributed by atoms with van der Waals surface area (Å²) in [5.41, 5.74) is -0.164. The van der Waals surface area contributed by atoms with Crippen molar-refractivity contribution in [2.45, 2.75) is 31.8 Å². The van der Waals surface area contributed by atoms with Crippen molar-refractivity contribution in [1.29, 1.82) is 0 Å². The monoisotopic (exact) mass is 236 g/mol. The Balaban J connectivity index is 2.58. The summed E-state index contributed by atoms with van der Waals surface area (Å²) in [6.07, 6.45) is 1.59. The fourth-order valence-electron chi connectivity index (χ4n) is 1.58. The lowest BCUT2D eigenvalue weighted by atomic mass is 10.3. The van der Waals surface area contributed by atoms with Crippen molar-refractivity contribution < 1.29 is 22.8 Å². The number of rotatable bonds is 7. The third-order valence-electron chi connectivity index (χ3n) is 2.59. The highest BCUT2D eigenvalue weighted by Gasteiger charge is 2.49. The first-order valence-electron chi connectivity index (χ1n) is 5.15. The molecule has 1 rings (SSSR count). The van der Waals surface area contributed by atoms with Gasteiger partial charge in [0.05, 0.1) is 6.61 Å². The Morgan fingerprint density at radius 2 is 1.80 bits per heavy atom. The number of ether oxygens (including phenoxy) is 2. The first-order chi connectivity index (χ1) is 7.22. The topological polar surface area (TPSA) is 46.2 Å². The molecule has 0 radical (unpaired) electrons. The van der Waals surface area contributed by atoms with Crippen LogP contribution in [0.4, 0.5) is 0 Å². The van der Waals surface area contributed by atoms with E-state index < -0.39 is 8.80 Å². The second-order valence-corrected chi connectivity index (χ2v) is 6.41. The van der Waals surface area contributed by atoms with E-state index in [0.717, 1.165) is 19.4 Å². The zero-order chi connectivity index (χ0) is 11.3. The molecule has 0 aromatic rings. The van der Waals surface area contributed by atoms with Crippen LogP contribution in [0, 0.1) is 0 Å². The molecule has 1 saturated heterocycles. The largest absolute Gasteiger partial charge is 0.530 e. The van der Waals surface area contributed by atoms with Gasteiger partial charge in [-0.1, -0.05) is 6.92 Å². The van der Waals surface area contributed by atoms with Gasteiger partial charge in [-0.05, 0) is 6.42 Å². The molecule has 0 aliphatic carbocycles. The van der Waals surface area contributed by atoms with Gasteiger partial charge in [0.25, 0.3) is 0 Å². The van der Waals surface area contributed by atoms with Crippen LogP contribution in [-0.2, 0) is 22.8 Å². The summed E-state index contributed by atoms with van der Waals surface area (Å²) < 4.78 is 27.1. The van der Waals surface area contributed by atoms with Crippen LogP contribution in [0.5, 0.6) is 0 Å². The molecule has 1 aliphatic heterocycles. The highest BCUT2D eigenvalue weighted by atomic mass is 28.4. The quantitative estimate of drug-likeness (QED) is 0.616. The van der Waals surface area contributed by atoms with Gasteiger partial charge in [0.15, 0.2) is 6.29 Å². The molecule has 0 amide bonds. The lowest BCUT2D eigenvalue weighted by molar-refractivity contribution is -0.231. The highest BCUT2D eigenvalue weighted by Crippen LogP contribution is 2.23. The zero-order valence-electron chi connectivity index (χ0n) is 9.82. The maximum atomic E-state index is 5.74. The average molecular weight is 236 g/mol. The van der Waals surface area contributed by atoms with Gasteiger partial charge in [-0.25, -0.2) is 0 Å². The number of hydrogen-bond donors (Lipinski definition) is 0. The third-order valence-corrected chi connectivity index (χ3v) is 5.63. The molecule has 0 spiro atoms. The summed E-state index contributed by atoms with van der Waals surface area (Å²) in [6, 6.07) is 0. The van der Waals surface area contributed by atoms with Gasteiger partial charge >= 0.3 is 8.80 Å². The van der Waals surface area contributed by atoms with Crippen LogP contribution in [0.1, 0.15) is 19.8 Å². The molecule has 5 nitrogen and oxygen atoms in total. The van der Waals surface area contributed by atoms with E-state index in [1.54, 1.807) is 21.3 Å². The minimum absolute atomic E-state index is 0.123. The van der Waals surface area contributed by atoms with Crippen LogP contribution >= 0.6 is 0 Å².